The first-order valence-corrected chi connectivity index (χ1v) is 7.10. The van der Waals surface area contributed by atoms with Gasteiger partial charge in [0, 0.05) is 24.0 Å². The van der Waals surface area contributed by atoms with Crippen molar-refractivity contribution in [1.29, 1.82) is 0 Å². The number of carbonyl (C=O) groups excluding carboxylic acids is 1. The van der Waals surface area contributed by atoms with E-state index in [1.807, 2.05) is 18.3 Å². The molecule has 0 N–H and O–H groups in total. The summed E-state index contributed by atoms with van der Waals surface area (Å²) < 4.78 is 0. The Morgan fingerprint density at radius 1 is 1.37 bits per heavy atom. The largest absolute Gasteiger partial charge is 0.359 e. The molecule has 0 radical (unpaired) electrons. The quantitative estimate of drug-likeness (QED) is 0.761. The molecule has 0 fully saturated rings. The zero-order chi connectivity index (χ0) is 13.7. The lowest BCUT2D eigenvalue weighted by Crippen LogP contribution is -2.41. The highest BCUT2D eigenvalue weighted by Crippen LogP contribution is 2.25. The lowest BCUT2D eigenvalue weighted by Gasteiger charge is -2.32. The molecule has 0 saturated carbocycles. The molecule has 0 aliphatic carbocycles. The highest BCUT2D eigenvalue weighted by Gasteiger charge is 2.24. The first-order valence-electron chi connectivity index (χ1n) is 7.10. The van der Waals surface area contributed by atoms with Crippen LogP contribution in [0.3, 0.4) is 0 Å². The summed E-state index contributed by atoms with van der Waals surface area (Å²) in [4.78, 5) is 18.0. The number of fused-ring (bicyclic) bond motifs is 1. The number of hydrogen-bond donors (Lipinski definition) is 0. The minimum Gasteiger partial charge on any atom is -0.359 e. The average Bonchev–Trinajstić information content (AvgIpc) is 2.63. The lowest BCUT2D eigenvalue weighted by atomic mass is 10.0. The number of anilines is 1. The van der Waals surface area contributed by atoms with Gasteiger partial charge >= 0.3 is 0 Å². The predicted octanol–water partition coefficient (Wildman–Crippen LogP) is 2.93. The molecular weight excluding hydrogens is 236 g/mol. The summed E-state index contributed by atoms with van der Waals surface area (Å²) in [6, 6.07) is 8.05. The molecule has 0 aromatic heterocycles. The van der Waals surface area contributed by atoms with Crippen molar-refractivity contribution in [2.75, 3.05) is 18.0 Å². The van der Waals surface area contributed by atoms with Gasteiger partial charge in [0.1, 0.15) is 12.3 Å². The van der Waals surface area contributed by atoms with Crippen LogP contribution < -0.4 is 4.90 Å². The highest BCUT2D eigenvalue weighted by molar-refractivity contribution is 5.90. The molecule has 1 aliphatic heterocycles. The Morgan fingerprint density at radius 2 is 2.11 bits per heavy atom. The molecule has 1 unspecified atom stereocenters. The number of rotatable bonds is 5. The fourth-order valence-corrected chi connectivity index (χ4v) is 2.57. The second kappa shape index (κ2) is 6.50. The molecule has 0 spiro atoms. The fourth-order valence-electron chi connectivity index (χ4n) is 2.57. The molecule has 102 valence electrons. The molecule has 3 heteroatoms. The van der Waals surface area contributed by atoms with Gasteiger partial charge in [-0.3, -0.25) is 4.99 Å². The Hall–Kier alpha value is -1.64. The van der Waals surface area contributed by atoms with Crippen molar-refractivity contribution in [2.45, 2.75) is 32.7 Å². The summed E-state index contributed by atoms with van der Waals surface area (Å²) in [6.45, 7) is 5.91. The second-order valence-corrected chi connectivity index (χ2v) is 5.09. The smallest absolute Gasteiger partial charge is 0.144 e. The molecule has 0 amide bonds. The van der Waals surface area contributed by atoms with E-state index >= 15 is 0 Å². The van der Waals surface area contributed by atoms with Gasteiger partial charge in [-0.15, -0.1) is 0 Å². The first-order chi connectivity index (χ1) is 9.30. The summed E-state index contributed by atoms with van der Waals surface area (Å²) in [5.41, 5.74) is 2.24. The summed E-state index contributed by atoms with van der Waals surface area (Å²) in [5.74, 6) is 0.619. The lowest BCUT2D eigenvalue weighted by molar-refractivity contribution is -0.108. The van der Waals surface area contributed by atoms with Crippen LogP contribution in [0.4, 0.5) is 5.69 Å². The zero-order valence-corrected chi connectivity index (χ0v) is 11.7. The molecule has 1 aromatic carbocycles. The van der Waals surface area contributed by atoms with Gasteiger partial charge in [0.25, 0.3) is 0 Å². The molecule has 1 heterocycles. The van der Waals surface area contributed by atoms with Crippen molar-refractivity contribution in [3.63, 3.8) is 0 Å². The average molecular weight is 258 g/mol. The van der Waals surface area contributed by atoms with Gasteiger partial charge in [-0.2, -0.15) is 0 Å². The van der Waals surface area contributed by atoms with E-state index in [9.17, 15) is 4.79 Å². The van der Waals surface area contributed by atoms with Gasteiger partial charge in [0.05, 0.1) is 6.54 Å². The van der Waals surface area contributed by atoms with Crippen LogP contribution in [0.5, 0.6) is 0 Å². The third kappa shape index (κ3) is 3.03. The van der Waals surface area contributed by atoms with Crippen LogP contribution in [0.1, 0.15) is 32.3 Å². The molecule has 3 nitrogen and oxygen atoms in total. The maximum atomic E-state index is 11.4. The first kappa shape index (κ1) is 13.8. The van der Waals surface area contributed by atoms with Crippen LogP contribution in [-0.2, 0) is 4.79 Å². The fraction of sp³-hybridized carbons (Fsp3) is 0.500. The van der Waals surface area contributed by atoms with E-state index in [1.54, 1.807) is 0 Å². The van der Waals surface area contributed by atoms with Gasteiger partial charge < -0.3 is 9.69 Å². The molecule has 1 aromatic rings. The number of benzene rings is 1. The molecule has 1 atom stereocenters. The maximum absolute atomic E-state index is 11.4. The van der Waals surface area contributed by atoms with Gasteiger partial charge in [0.2, 0.25) is 0 Å². The third-order valence-corrected chi connectivity index (χ3v) is 3.94. The minimum atomic E-state index is -0.138. The Bertz CT molecular complexity index is 452. The predicted molar refractivity (Wildman–Crippen MR) is 80.2 cm³/mol. The van der Waals surface area contributed by atoms with E-state index in [2.05, 4.69) is 35.9 Å². The summed E-state index contributed by atoms with van der Waals surface area (Å²) in [6.07, 6.45) is 5.20. The highest BCUT2D eigenvalue weighted by atomic mass is 16.1. The van der Waals surface area contributed by atoms with Crippen LogP contribution in [0.2, 0.25) is 0 Å². The van der Waals surface area contributed by atoms with Gasteiger partial charge in [-0.1, -0.05) is 44.9 Å². The Morgan fingerprint density at radius 3 is 2.79 bits per heavy atom. The second-order valence-electron chi connectivity index (χ2n) is 5.09. The summed E-state index contributed by atoms with van der Waals surface area (Å²) in [7, 11) is 0. The standard InChI is InChI=1S/C16H22N2O/c1-3-13(4-2)11-18-15(12-19)10-17-9-14-7-5-6-8-16(14)18/h5-9,12-13,15H,3-4,10-11H2,1-2H3. The van der Waals surface area contributed by atoms with Crippen molar-refractivity contribution in [1.82, 2.24) is 0 Å². The number of para-hydroxylation sites is 1. The van der Waals surface area contributed by atoms with Gasteiger partial charge in [-0.05, 0) is 12.0 Å². The van der Waals surface area contributed by atoms with E-state index in [0.717, 1.165) is 36.9 Å². The molecule has 0 bridgehead atoms. The monoisotopic (exact) mass is 258 g/mol. The number of aliphatic imine (C=N–C) groups is 1. The van der Waals surface area contributed by atoms with Crippen LogP contribution in [0.25, 0.3) is 0 Å². The minimum absolute atomic E-state index is 0.138. The Kier molecular flexibility index (Phi) is 4.72. The SMILES string of the molecule is CCC(CC)CN1c2ccccc2C=NCC1C=O. The van der Waals surface area contributed by atoms with Crippen molar-refractivity contribution in [2.24, 2.45) is 10.9 Å². The number of aldehydes is 1. The van der Waals surface area contributed by atoms with E-state index in [-0.39, 0.29) is 6.04 Å². The molecule has 19 heavy (non-hydrogen) atoms. The van der Waals surface area contributed by atoms with Crippen molar-refractivity contribution >= 4 is 18.2 Å². The van der Waals surface area contributed by atoms with Crippen LogP contribution >= 0.6 is 0 Å². The Balaban J connectivity index is 2.33. The molecular formula is C16H22N2O. The maximum Gasteiger partial charge on any atom is 0.144 e. The topological polar surface area (TPSA) is 32.7 Å². The van der Waals surface area contributed by atoms with Gasteiger partial charge in [-0.25, -0.2) is 0 Å². The summed E-state index contributed by atoms with van der Waals surface area (Å²) >= 11 is 0. The zero-order valence-electron chi connectivity index (χ0n) is 11.7. The van der Waals surface area contributed by atoms with E-state index < -0.39 is 0 Å². The number of carbonyl (C=O) groups is 1. The Labute approximate surface area is 115 Å². The van der Waals surface area contributed by atoms with E-state index in [1.165, 1.54) is 0 Å². The van der Waals surface area contributed by atoms with Crippen molar-refractivity contribution in [3.05, 3.63) is 29.8 Å². The van der Waals surface area contributed by atoms with Gasteiger partial charge in [0.15, 0.2) is 0 Å². The van der Waals surface area contributed by atoms with Crippen molar-refractivity contribution in [3.8, 4) is 0 Å². The van der Waals surface area contributed by atoms with Crippen LogP contribution in [0.15, 0.2) is 29.3 Å². The van der Waals surface area contributed by atoms with Crippen molar-refractivity contribution < 1.29 is 4.79 Å². The van der Waals surface area contributed by atoms with E-state index in [4.69, 9.17) is 0 Å². The van der Waals surface area contributed by atoms with Crippen LogP contribution in [-0.4, -0.2) is 31.6 Å². The molecule has 2 rings (SSSR count). The normalized spacial score (nSPS) is 18.3. The number of nitrogens with zero attached hydrogens (tertiary/aromatic N) is 2. The number of benzodiazepines with no additional fused rings is 1. The van der Waals surface area contributed by atoms with E-state index in [0.29, 0.717) is 12.5 Å². The molecule has 1 aliphatic rings. The van der Waals surface area contributed by atoms with Crippen LogP contribution in [0, 0.1) is 5.92 Å². The molecule has 0 saturated heterocycles. The number of hydrogen-bond acceptors (Lipinski definition) is 3. The third-order valence-electron chi connectivity index (χ3n) is 3.94. The summed E-state index contributed by atoms with van der Waals surface area (Å²) in [5, 5.41) is 0.